The summed E-state index contributed by atoms with van der Waals surface area (Å²) < 4.78 is 5.36. The van der Waals surface area contributed by atoms with Gasteiger partial charge in [0.05, 0.1) is 23.3 Å². The van der Waals surface area contributed by atoms with Crippen LogP contribution in [-0.2, 0) is 4.74 Å². The van der Waals surface area contributed by atoms with Crippen molar-refractivity contribution in [3.63, 3.8) is 0 Å². The first-order chi connectivity index (χ1) is 12.1. The minimum atomic E-state index is 0.489. The van der Waals surface area contributed by atoms with E-state index in [0.717, 1.165) is 56.6 Å². The van der Waals surface area contributed by atoms with Crippen molar-refractivity contribution >= 4 is 40.7 Å². The number of nitrogens with one attached hydrogen (secondary N) is 2. The zero-order valence-electron chi connectivity index (χ0n) is 14.1. The van der Waals surface area contributed by atoms with E-state index in [-0.39, 0.29) is 0 Å². The highest BCUT2D eigenvalue weighted by atomic mass is 35.5. The second-order valence-corrected chi connectivity index (χ2v) is 6.67. The number of hydrogen-bond acceptors (Lipinski definition) is 6. The van der Waals surface area contributed by atoms with Gasteiger partial charge in [-0.3, -0.25) is 4.90 Å². The molecule has 134 valence electrons. The molecular weight excluding hydrogens is 361 g/mol. The van der Waals surface area contributed by atoms with Gasteiger partial charge in [0, 0.05) is 43.6 Å². The van der Waals surface area contributed by atoms with Gasteiger partial charge in [-0.25, -0.2) is 4.98 Å². The number of halogens is 2. The van der Waals surface area contributed by atoms with Crippen LogP contribution in [0.4, 0.5) is 17.5 Å². The van der Waals surface area contributed by atoms with Gasteiger partial charge in [-0.05, 0) is 25.1 Å². The first-order valence-electron chi connectivity index (χ1n) is 8.22. The minimum absolute atomic E-state index is 0.489. The molecule has 0 amide bonds. The first-order valence-corrected chi connectivity index (χ1v) is 8.97. The van der Waals surface area contributed by atoms with E-state index in [2.05, 4.69) is 25.5 Å². The molecule has 0 atom stereocenters. The maximum Gasteiger partial charge on any atom is 0.229 e. The fraction of sp³-hybridized carbons (Fsp3) is 0.412. The summed E-state index contributed by atoms with van der Waals surface area (Å²) in [6.07, 6.45) is 0. The van der Waals surface area contributed by atoms with Gasteiger partial charge in [-0.2, -0.15) is 4.98 Å². The van der Waals surface area contributed by atoms with Crippen LogP contribution >= 0.6 is 23.2 Å². The van der Waals surface area contributed by atoms with Gasteiger partial charge in [0.2, 0.25) is 5.95 Å². The van der Waals surface area contributed by atoms with Gasteiger partial charge in [-0.1, -0.05) is 23.2 Å². The molecule has 0 spiro atoms. The van der Waals surface area contributed by atoms with Gasteiger partial charge in [0.1, 0.15) is 5.82 Å². The van der Waals surface area contributed by atoms with Crippen molar-refractivity contribution in [2.24, 2.45) is 0 Å². The number of benzene rings is 1. The largest absolute Gasteiger partial charge is 0.379 e. The second kappa shape index (κ2) is 8.67. The molecule has 1 aliphatic rings. The number of hydrogen-bond donors (Lipinski definition) is 2. The summed E-state index contributed by atoms with van der Waals surface area (Å²) in [5.74, 6) is 1.32. The van der Waals surface area contributed by atoms with Gasteiger partial charge >= 0.3 is 0 Å². The van der Waals surface area contributed by atoms with Crippen LogP contribution in [-0.4, -0.2) is 54.3 Å². The lowest BCUT2D eigenvalue weighted by molar-refractivity contribution is 0.0398. The standard InChI is InChI=1S/C17H21Cl2N5O/c1-12-10-16(20-4-5-24-6-8-25-9-7-24)23-17(21-12)22-13-2-3-14(18)15(19)11-13/h2-3,10-11H,4-9H2,1H3,(H2,20,21,22,23). The summed E-state index contributed by atoms with van der Waals surface area (Å²) in [5, 5.41) is 7.52. The van der Waals surface area contributed by atoms with Crippen molar-refractivity contribution in [2.75, 3.05) is 50.0 Å². The molecule has 25 heavy (non-hydrogen) atoms. The Morgan fingerprint density at radius 2 is 1.92 bits per heavy atom. The second-order valence-electron chi connectivity index (χ2n) is 5.85. The number of aromatic nitrogens is 2. The van der Waals surface area contributed by atoms with Crippen LogP contribution in [0.15, 0.2) is 24.3 Å². The average Bonchev–Trinajstić information content (AvgIpc) is 2.59. The zero-order chi connectivity index (χ0) is 17.6. The number of anilines is 3. The fourth-order valence-electron chi connectivity index (χ4n) is 2.58. The smallest absolute Gasteiger partial charge is 0.229 e. The Balaban J connectivity index is 1.60. The van der Waals surface area contributed by atoms with Crippen molar-refractivity contribution < 1.29 is 4.74 Å². The van der Waals surface area contributed by atoms with Crippen molar-refractivity contribution in [3.05, 3.63) is 40.0 Å². The molecule has 0 radical (unpaired) electrons. The minimum Gasteiger partial charge on any atom is -0.379 e. The van der Waals surface area contributed by atoms with Crippen LogP contribution in [0.25, 0.3) is 0 Å². The molecular formula is C17H21Cl2N5O. The lowest BCUT2D eigenvalue weighted by Gasteiger charge is -2.26. The van der Waals surface area contributed by atoms with E-state index in [9.17, 15) is 0 Å². The van der Waals surface area contributed by atoms with Crippen molar-refractivity contribution in [1.82, 2.24) is 14.9 Å². The number of aryl methyl sites for hydroxylation is 1. The molecule has 1 aromatic heterocycles. The van der Waals surface area contributed by atoms with E-state index in [4.69, 9.17) is 27.9 Å². The van der Waals surface area contributed by atoms with E-state index < -0.39 is 0 Å². The lowest BCUT2D eigenvalue weighted by Crippen LogP contribution is -2.39. The Morgan fingerprint density at radius 3 is 2.68 bits per heavy atom. The van der Waals surface area contributed by atoms with E-state index in [0.29, 0.717) is 16.0 Å². The quantitative estimate of drug-likeness (QED) is 0.797. The third-order valence-electron chi connectivity index (χ3n) is 3.87. The predicted molar refractivity (Wildman–Crippen MR) is 102 cm³/mol. The van der Waals surface area contributed by atoms with Crippen LogP contribution in [0.3, 0.4) is 0 Å². The van der Waals surface area contributed by atoms with Gasteiger partial charge < -0.3 is 15.4 Å². The van der Waals surface area contributed by atoms with E-state index in [1.165, 1.54) is 0 Å². The number of morpholine rings is 1. The van der Waals surface area contributed by atoms with Gasteiger partial charge in [0.25, 0.3) is 0 Å². The molecule has 0 aliphatic carbocycles. The van der Waals surface area contributed by atoms with Crippen LogP contribution in [0.5, 0.6) is 0 Å². The summed E-state index contributed by atoms with van der Waals surface area (Å²) in [7, 11) is 0. The average molecular weight is 382 g/mol. The third kappa shape index (κ3) is 5.44. The molecule has 2 N–H and O–H groups in total. The zero-order valence-corrected chi connectivity index (χ0v) is 15.6. The highest BCUT2D eigenvalue weighted by molar-refractivity contribution is 6.42. The molecule has 0 saturated carbocycles. The molecule has 1 aromatic carbocycles. The van der Waals surface area contributed by atoms with E-state index in [1.54, 1.807) is 12.1 Å². The molecule has 2 heterocycles. The maximum atomic E-state index is 6.05. The summed E-state index contributed by atoms with van der Waals surface area (Å²) >= 11 is 12.0. The summed E-state index contributed by atoms with van der Waals surface area (Å²) in [5.41, 5.74) is 1.67. The predicted octanol–water partition coefficient (Wildman–Crippen LogP) is 3.58. The summed E-state index contributed by atoms with van der Waals surface area (Å²) in [6.45, 7) is 7.30. The monoisotopic (exact) mass is 381 g/mol. The van der Waals surface area contributed by atoms with E-state index >= 15 is 0 Å². The molecule has 1 aliphatic heterocycles. The summed E-state index contributed by atoms with van der Waals surface area (Å²) in [4.78, 5) is 11.3. The molecule has 2 aromatic rings. The normalized spacial score (nSPS) is 15.2. The van der Waals surface area contributed by atoms with Crippen molar-refractivity contribution in [2.45, 2.75) is 6.92 Å². The number of ether oxygens (including phenoxy) is 1. The maximum absolute atomic E-state index is 6.05. The third-order valence-corrected chi connectivity index (χ3v) is 4.61. The molecule has 1 saturated heterocycles. The van der Waals surface area contributed by atoms with Crippen molar-refractivity contribution in [1.29, 1.82) is 0 Å². The Kier molecular flexibility index (Phi) is 6.31. The first kappa shape index (κ1) is 18.2. The lowest BCUT2D eigenvalue weighted by atomic mass is 10.3. The van der Waals surface area contributed by atoms with Crippen LogP contribution < -0.4 is 10.6 Å². The topological polar surface area (TPSA) is 62.3 Å². The summed E-state index contributed by atoms with van der Waals surface area (Å²) in [6, 6.07) is 7.26. The molecule has 0 bridgehead atoms. The van der Waals surface area contributed by atoms with E-state index in [1.807, 2.05) is 19.1 Å². The van der Waals surface area contributed by atoms with Gasteiger partial charge in [-0.15, -0.1) is 0 Å². The SMILES string of the molecule is Cc1cc(NCCN2CCOCC2)nc(Nc2ccc(Cl)c(Cl)c2)n1. The number of rotatable bonds is 6. The Bertz CT molecular complexity index is 722. The molecule has 8 heteroatoms. The highest BCUT2D eigenvalue weighted by Crippen LogP contribution is 2.26. The highest BCUT2D eigenvalue weighted by Gasteiger charge is 2.10. The Morgan fingerprint density at radius 1 is 1.12 bits per heavy atom. The van der Waals surface area contributed by atoms with Crippen LogP contribution in [0.2, 0.25) is 10.0 Å². The van der Waals surface area contributed by atoms with Gasteiger partial charge in [0.15, 0.2) is 0 Å². The fourth-order valence-corrected chi connectivity index (χ4v) is 2.88. The van der Waals surface area contributed by atoms with Crippen LogP contribution in [0.1, 0.15) is 5.69 Å². The van der Waals surface area contributed by atoms with Crippen molar-refractivity contribution in [3.8, 4) is 0 Å². The van der Waals surface area contributed by atoms with Crippen LogP contribution in [0, 0.1) is 6.92 Å². The molecule has 6 nitrogen and oxygen atoms in total. The molecule has 0 unspecified atom stereocenters. The number of nitrogens with zero attached hydrogens (tertiary/aromatic N) is 3. The molecule has 1 fully saturated rings. The Hall–Kier alpha value is -1.60. The molecule has 3 rings (SSSR count). The Labute approximate surface area is 157 Å².